The molecule has 1 aliphatic carbocycles. The summed E-state index contributed by atoms with van der Waals surface area (Å²) in [6.07, 6.45) is 1.20. The fourth-order valence-corrected chi connectivity index (χ4v) is 13.7. The highest BCUT2D eigenvalue weighted by atomic mass is 35.5. The number of aromatic nitrogens is 1. The highest BCUT2D eigenvalue weighted by Crippen LogP contribution is 2.64. The molecule has 2 spiro atoms. The molecule has 3 aromatic carbocycles. The molecule has 14 nitrogen and oxygen atoms in total. The second-order valence-corrected chi connectivity index (χ2v) is 22.4. The third kappa shape index (κ3) is 8.92. The third-order valence-corrected chi connectivity index (χ3v) is 16.9. The number of hydrogen-bond donors (Lipinski definition) is 3. The summed E-state index contributed by atoms with van der Waals surface area (Å²) < 4.78 is 67.8. The van der Waals surface area contributed by atoms with Crippen LogP contribution in [0.5, 0.6) is 11.6 Å². The number of imide groups is 1. The summed E-state index contributed by atoms with van der Waals surface area (Å²) in [5.74, 6) is 3.02. The van der Waals surface area contributed by atoms with Gasteiger partial charge in [-0.2, -0.15) is 0 Å². The minimum Gasteiger partial charge on any atom is -0.487 e. The van der Waals surface area contributed by atoms with E-state index >= 15 is 9.18 Å². The Hall–Kier alpha value is -6.71. The summed E-state index contributed by atoms with van der Waals surface area (Å²) in [7, 11) is 0. The molecule has 11 rings (SSSR count). The van der Waals surface area contributed by atoms with Crippen LogP contribution in [-0.2, 0) is 26.3 Å². The van der Waals surface area contributed by atoms with E-state index in [2.05, 4.69) is 51.4 Å². The molecular weight excluding hydrogens is 994 g/mol. The summed E-state index contributed by atoms with van der Waals surface area (Å²) in [5, 5.41) is 9.37. The van der Waals surface area contributed by atoms with E-state index in [1.807, 2.05) is 13.0 Å². The van der Waals surface area contributed by atoms with Crippen LogP contribution in [0.15, 0.2) is 66.9 Å². The SMILES string of the molecule is C[C@H]1CN(C(=O)[C@@H]2N[C@]3(CCCC(C)(C)C3)[C@@]3(CNc4cc(OC(F)(F)F)ncc43)[C@H]2c2cccc(Cl)c2F)c2ccc(C(=O)N3CCC[C@@H](CC#Cc4cccc5c4CN([C@H]4CCC(=O)NC4=O)C5=O)C3)cc2O1. The van der Waals surface area contributed by atoms with E-state index in [0.717, 1.165) is 31.2 Å². The Balaban J connectivity index is 0.855. The van der Waals surface area contributed by atoms with Gasteiger partial charge in [0.15, 0.2) is 0 Å². The van der Waals surface area contributed by atoms with Crippen molar-refractivity contribution in [1.82, 2.24) is 25.4 Å². The first-order valence-electron chi connectivity index (χ1n) is 25.6. The maximum absolute atomic E-state index is 16.8. The Kier molecular flexibility index (Phi) is 12.7. The molecule has 0 radical (unpaired) electrons. The lowest BCUT2D eigenvalue weighted by Crippen LogP contribution is -2.61. The molecule has 0 bridgehead atoms. The molecule has 0 unspecified atom stereocenters. The smallest absolute Gasteiger partial charge is 0.487 e. The second kappa shape index (κ2) is 18.8. The van der Waals surface area contributed by atoms with Gasteiger partial charge in [-0.3, -0.25) is 34.6 Å². The van der Waals surface area contributed by atoms with Crippen molar-refractivity contribution in [1.29, 1.82) is 0 Å². The van der Waals surface area contributed by atoms with Crippen molar-refractivity contribution in [3.05, 3.63) is 111 Å². The number of pyridine rings is 1. The standard InChI is InChI=1S/C56H56ClF4N7O7/c1-31-26-67(52(73)48-46(36-14-6-15-39(57)47(36)58)55(54(65-48)21-8-20-53(2,3)29-54)30-63-40-24-45(62-25-38(40)55)75-56(59,60)61)41-17-16-34(23-43(41)74-31)50(71)66-22-7-10-32(27-66)9-4-11-33-12-5-13-35-37(33)28-68(51(35)72)42-18-19-44(69)64-49(42)70/h5-6,12-17,23-25,31-32,42,46,48,63,65H,7-10,18-22,26-30H2,1-3H3,(H,64,69,70)/t31-,32+,42-,46-,48+,54-,55+/m0/s1. The number of ether oxygens (including phenoxy) is 2. The minimum atomic E-state index is -4.98. The Bertz CT molecular complexity index is 3120. The molecule has 7 aliphatic rings. The Morgan fingerprint density at radius 3 is 2.61 bits per heavy atom. The van der Waals surface area contributed by atoms with Crippen LogP contribution in [0, 0.1) is 29.0 Å². The molecule has 3 N–H and O–H groups in total. The second-order valence-electron chi connectivity index (χ2n) is 22.0. The fourth-order valence-electron chi connectivity index (χ4n) is 13.6. The van der Waals surface area contributed by atoms with Gasteiger partial charge in [-0.1, -0.05) is 61.9 Å². The monoisotopic (exact) mass is 1050 g/mol. The van der Waals surface area contributed by atoms with E-state index < -0.39 is 59.0 Å². The molecule has 5 amide bonds. The molecule has 6 aliphatic heterocycles. The number of amides is 5. The quantitative estimate of drug-likeness (QED) is 0.0972. The molecule has 19 heteroatoms. The molecule has 1 saturated carbocycles. The highest BCUT2D eigenvalue weighted by molar-refractivity contribution is 6.30. The maximum atomic E-state index is 16.8. The largest absolute Gasteiger partial charge is 0.574 e. The van der Waals surface area contributed by atoms with Crippen LogP contribution in [0.4, 0.5) is 28.9 Å². The number of alkyl halides is 3. The van der Waals surface area contributed by atoms with Crippen LogP contribution in [-0.4, -0.2) is 101 Å². The first-order valence-corrected chi connectivity index (χ1v) is 26.0. The number of likely N-dealkylation sites (tertiary alicyclic amines) is 1. The zero-order valence-electron chi connectivity index (χ0n) is 41.7. The first kappa shape index (κ1) is 50.4. The average molecular weight is 1050 g/mol. The lowest BCUT2D eigenvalue weighted by atomic mass is 9.53. The van der Waals surface area contributed by atoms with Gasteiger partial charge < -0.3 is 29.5 Å². The number of benzene rings is 3. The number of fused-ring (bicyclic) bond motifs is 5. The van der Waals surface area contributed by atoms with Crippen molar-refractivity contribution >= 4 is 52.5 Å². The molecule has 1 aromatic heterocycles. The number of anilines is 2. The van der Waals surface area contributed by atoms with Gasteiger partial charge in [0, 0.05) is 96.1 Å². The first-order chi connectivity index (χ1) is 35.7. The van der Waals surface area contributed by atoms with Gasteiger partial charge in [0.1, 0.15) is 23.7 Å². The van der Waals surface area contributed by atoms with E-state index in [9.17, 15) is 32.3 Å². The average Bonchev–Trinajstić information content (AvgIpc) is 4.10. The van der Waals surface area contributed by atoms with Crippen LogP contribution in [0.25, 0.3) is 0 Å². The summed E-state index contributed by atoms with van der Waals surface area (Å²) in [6.45, 7) is 7.62. The molecule has 392 valence electrons. The zero-order chi connectivity index (χ0) is 52.8. The number of piperidine rings is 2. The number of nitrogens with zero attached hydrogens (tertiary/aromatic N) is 4. The number of carbonyl (C=O) groups is 5. The van der Waals surface area contributed by atoms with Gasteiger partial charge in [-0.15, -0.1) is 13.2 Å². The van der Waals surface area contributed by atoms with Crippen molar-refractivity contribution in [2.75, 3.05) is 36.4 Å². The van der Waals surface area contributed by atoms with Gasteiger partial charge in [-0.05, 0) is 104 Å². The number of rotatable bonds is 6. The zero-order valence-corrected chi connectivity index (χ0v) is 42.4. The molecule has 7 atom stereocenters. The van der Waals surface area contributed by atoms with E-state index in [4.69, 9.17) is 16.3 Å². The van der Waals surface area contributed by atoms with Crippen molar-refractivity contribution in [2.45, 2.75) is 127 Å². The topological polar surface area (TPSA) is 163 Å². The van der Waals surface area contributed by atoms with Gasteiger partial charge in [0.05, 0.1) is 23.3 Å². The normalized spacial score (nSPS) is 27.7. The molecule has 7 heterocycles. The molecular formula is C56H56ClF4N7O7. The van der Waals surface area contributed by atoms with Crippen LogP contribution >= 0.6 is 11.6 Å². The highest BCUT2D eigenvalue weighted by Gasteiger charge is 2.70. The van der Waals surface area contributed by atoms with E-state index in [1.165, 1.54) is 23.2 Å². The summed E-state index contributed by atoms with van der Waals surface area (Å²) in [5.41, 5.74) is 1.58. The Morgan fingerprint density at radius 2 is 1.83 bits per heavy atom. The van der Waals surface area contributed by atoms with E-state index in [1.54, 1.807) is 52.3 Å². The minimum absolute atomic E-state index is 0.0705. The van der Waals surface area contributed by atoms with Crippen molar-refractivity contribution in [3.8, 4) is 23.5 Å². The molecule has 75 heavy (non-hydrogen) atoms. The van der Waals surface area contributed by atoms with Gasteiger partial charge >= 0.3 is 6.36 Å². The Morgan fingerprint density at radius 1 is 1.01 bits per heavy atom. The van der Waals surface area contributed by atoms with Crippen LogP contribution in [0.3, 0.4) is 0 Å². The number of carbonyl (C=O) groups excluding carboxylic acids is 5. The van der Waals surface area contributed by atoms with Crippen LogP contribution < -0.4 is 30.3 Å². The summed E-state index contributed by atoms with van der Waals surface area (Å²) in [6, 6.07) is 14.5. The van der Waals surface area contributed by atoms with Crippen molar-refractivity contribution in [2.24, 2.45) is 11.3 Å². The molecule has 3 saturated heterocycles. The van der Waals surface area contributed by atoms with E-state index in [-0.39, 0.29) is 78.0 Å². The van der Waals surface area contributed by atoms with Gasteiger partial charge in [0.2, 0.25) is 23.6 Å². The molecule has 4 fully saturated rings. The maximum Gasteiger partial charge on any atom is 0.574 e. The number of nitrogens with one attached hydrogen (secondary N) is 3. The lowest BCUT2D eigenvalue weighted by Gasteiger charge is -2.52. The van der Waals surface area contributed by atoms with Gasteiger partial charge in [-0.25, -0.2) is 9.37 Å². The summed E-state index contributed by atoms with van der Waals surface area (Å²) >= 11 is 6.53. The summed E-state index contributed by atoms with van der Waals surface area (Å²) in [4.78, 5) is 76.9. The lowest BCUT2D eigenvalue weighted by molar-refractivity contribution is -0.276. The number of hydrogen-bond acceptors (Lipinski definition) is 10. The van der Waals surface area contributed by atoms with Crippen molar-refractivity contribution in [3.63, 3.8) is 0 Å². The van der Waals surface area contributed by atoms with Crippen LogP contribution in [0.2, 0.25) is 5.02 Å². The van der Waals surface area contributed by atoms with E-state index in [0.29, 0.717) is 71.7 Å². The third-order valence-electron chi connectivity index (χ3n) is 16.6. The number of halogens is 5. The van der Waals surface area contributed by atoms with Gasteiger partial charge in [0.25, 0.3) is 11.8 Å². The van der Waals surface area contributed by atoms with Crippen molar-refractivity contribution < 1.29 is 51.0 Å². The Labute approximate surface area is 436 Å². The molecule has 4 aromatic rings. The predicted molar refractivity (Wildman–Crippen MR) is 269 cm³/mol. The fraction of sp³-hybridized carbons (Fsp3) is 0.464. The van der Waals surface area contributed by atoms with Crippen LogP contribution in [0.1, 0.15) is 127 Å². The predicted octanol–water partition coefficient (Wildman–Crippen LogP) is 8.40.